The SMILES string of the molecule is CCCCN(CCCCN)C(=O)CN1C[C@H](c2cc(OC)c3c(c2)OCO3)C(C(=O)O)[C@@H]1CCNS(C)(=O)=O. The third kappa shape index (κ3) is 8.19. The van der Waals surface area contributed by atoms with Crippen molar-refractivity contribution in [3.63, 3.8) is 0 Å². The van der Waals surface area contributed by atoms with Crippen LogP contribution in [0.3, 0.4) is 0 Å². The van der Waals surface area contributed by atoms with Crippen molar-refractivity contribution in [3.8, 4) is 17.2 Å². The third-order valence-corrected chi connectivity index (χ3v) is 8.03. The number of carbonyl (C=O) groups is 2. The van der Waals surface area contributed by atoms with Crippen molar-refractivity contribution in [1.82, 2.24) is 14.5 Å². The molecule has 1 aromatic rings. The van der Waals surface area contributed by atoms with Gasteiger partial charge in [0.15, 0.2) is 11.5 Å². The van der Waals surface area contributed by atoms with Gasteiger partial charge in [0.2, 0.25) is 28.5 Å². The number of benzene rings is 1. The minimum atomic E-state index is -3.46. The molecule has 3 rings (SSSR count). The predicted octanol–water partition coefficient (Wildman–Crippen LogP) is 1.20. The van der Waals surface area contributed by atoms with Gasteiger partial charge >= 0.3 is 5.97 Å². The van der Waals surface area contributed by atoms with E-state index in [1.807, 2.05) is 9.80 Å². The lowest BCUT2D eigenvalue weighted by molar-refractivity contribution is -0.143. The van der Waals surface area contributed by atoms with Crippen molar-refractivity contribution in [2.45, 2.75) is 51.0 Å². The molecule has 0 bridgehead atoms. The van der Waals surface area contributed by atoms with E-state index in [1.165, 1.54) is 7.11 Å². The van der Waals surface area contributed by atoms with Gasteiger partial charge in [0.05, 0.1) is 25.8 Å². The second kappa shape index (κ2) is 14.1. The Labute approximate surface area is 230 Å². The first-order chi connectivity index (χ1) is 18.6. The van der Waals surface area contributed by atoms with Crippen LogP contribution in [0.15, 0.2) is 12.1 Å². The van der Waals surface area contributed by atoms with Crippen LogP contribution in [0.2, 0.25) is 0 Å². The molecule has 13 heteroatoms. The molecule has 1 saturated heterocycles. The molecule has 2 heterocycles. The van der Waals surface area contributed by atoms with Crippen molar-refractivity contribution in [2.24, 2.45) is 11.7 Å². The van der Waals surface area contributed by atoms with Crippen molar-refractivity contribution >= 4 is 21.9 Å². The summed E-state index contributed by atoms with van der Waals surface area (Å²) in [4.78, 5) is 29.9. The lowest BCUT2D eigenvalue weighted by Gasteiger charge is -2.29. The lowest BCUT2D eigenvalue weighted by Crippen LogP contribution is -2.45. The number of rotatable bonds is 16. The van der Waals surface area contributed by atoms with E-state index in [2.05, 4.69) is 11.6 Å². The number of methoxy groups -OCH3 is 1. The first-order valence-electron chi connectivity index (χ1n) is 13.5. The van der Waals surface area contributed by atoms with E-state index in [1.54, 1.807) is 12.1 Å². The Kier molecular flexibility index (Phi) is 11.2. The highest BCUT2D eigenvalue weighted by molar-refractivity contribution is 7.88. The highest BCUT2D eigenvalue weighted by Crippen LogP contribution is 2.47. The molecule has 39 heavy (non-hydrogen) atoms. The molecule has 4 N–H and O–H groups in total. The normalized spacial score (nSPS) is 20.8. The molecular formula is C26H42N4O8S. The van der Waals surface area contributed by atoms with Crippen LogP contribution in [-0.4, -0.2) is 101 Å². The van der Waals surface area contributed by atoms with Crippen LogP contribution in [0, 0.1) is 5.92 Å². The molecular weight excluding hydrogens is 528 g/mol. The van der Waals surface area contributed by atoms with E-state index < -0.39 is 33.9 Å². The Balaban J connectivity index is 1.90. The summed E-state index contributed by atoms with van der Waals surface area (Å²) in [5.41, 5.74) is 6.34. The van der Waals surface area contributed by atoms with Gasteiger partial charge in [-0.05, 0) is 49.9 Å². The van der Waals surface area contributed by atoms with Gasteiger partial charge in [-0.25, -0.2) is 13.1 Å². The third-order valence-electron chi connectivity index (χ3n) is 7.30. The maximum Gasteiger partial charge on any atom is 0.308 e. The minimum absolute atomic E-state index is 0.0395. The van der Waals surface area contributed by atoms with Gasteiger partial charge in [-0.15, -0.1) is 0 Å². The van der Waals surface area contributed by atoms with Crippen molar-refractivity contribution in [3.05, 3.63) is 17.7 Å². The van der Waals surface area contributed by atoms with Crippen LogP contribution in [0.4, 0.5) is 0 Å². The zero-order valence-electron chi connectivity index (χ0n) is 23.1. The Hall–Kier alpha value is -2.61. The highest BCUT2D eigenvalue weighted by atomic mass is 32.2. The van der Waals surface area contributed by atoms with E-state index in [0.717, 1.165) is 31.9 Å². The molecule has 0 spiro atoms. The number of hydrogen-bond donors (Lipinski definition) is 3. The molecule has 3 atom stereocenters. The molecule has 12 nitrogen and oxygen atoms in total. The molecule has 220 valence electrons. The van der Waals surface area contributed by atoms with Gasteiger partial charge in [0.25, 0.3) is 0 Å². The molecule has 0 aromatic heterocycles. The van der Waals surface area contributed by atoms with Gasteiger partial charge in [0, 0.05) is 38.1 Å². The quantitative estimate of drug-likeness (QED) is 0.246. The van der Waals surface area contributed by atoms with Crippen LogP contribution in [0.5, 0.6) is 17.2 Å². The summed E-state index contributed by atoms with van der Waals surface area (Å²) >= 11 is 0. The number of nitrogens with two attached hydrogens (primary N) is 1. The molecule has 1 amide bonds. The van der Waals surface area contributed by atoms with Gasteiger partial charge < -0.3 is 30.0 Å². The van der Waals surface area contributed by atoms with Gasteiger partial charge in [-0.1, -0.05) is 13.3 Å². The Morgan fingerprint density at radius 2 is 1.97 bits per heavy atom. The van der Waals surface area contributed by atoms with Crippen molar-refractivity contribution in [1.29, 1.82) is 0 Å². The van der Waals surface area contributed by atoms with E-state index in [4.69, 9.17) is 19.9 Å². The number of sulfonamides is 1. The summed E-state index contributed by atoms with van der Waals surface area (Å²) in [6.45, 7) is 4.28. The summed E-state index contributed by atoms with van der Waals surface area (Å²) in [6, 6.07) is 2.95. The van der Waals surface area contributed by atoms with Crippen LogP contribution in [0.1, 0.15) is 50.5 Å². The second-order valence-corrected chi connectivity index (χ2v) is 11.9. The Morgan fingerprint density at radius 1 is 1.23 bits per heavy atom. The molecule has 1 fully saturated rings. The molecule has 2 aliphatic rings. The average Bonchev–Trinajstić information content (AvgIpc) is 3.49. The van der Waals surface area contributed by atoms with E-state index in [9.17, 15) is 23.1 Å². The fourth-order valence-electron chi connectivity index (χ4n) is 5.38. The highest BCUT2D eigenvalue weighted by Gasteiger charge is 2.47. The van der Waals surface area contributed by atoms with Gasteiger partial charge in [-0.3, -0.25) is 14.5 Å². The number of ether oxygens (including phenoxy) is 3. The first-order valence-corrected chi connectivity index (χ1v) is 15.4. The van der Waals surface area contributed by atoms with E-state index >= 15 is 0 Å². The lowest BCUT2D eigenvalue weighted by atomic mass is 9.84. The largest absolute Gasteiger partial charge is 0.493 e. The summed E-state index contributed by atoms with van der Waals surface area (Å²) < 4.78 is 42.4. The Bertz CT molecular complexity index is 1100. The number of carboxylic acids is 1. The maximum absolute atomic E-state index is 13.5. The number of aliphatic carboxylic acids is 1. The molecule has 0 radical (unpaired) electrons. The number of unbranched alkanes of at least 4 members (excludes halogenated alkanes) is 2. The number of fused-ring (bicyclic) bond motifs is 1. The topological polar surface area (TPSA) is 161 Å². The van der Waals surface area contributed by atoms with Crippen LogP contribution in [-0.2, 0) is 19.6 Å². The smallest absolute Gasteiger partial charge is 0.308 e. The standard InChI is InChI=1S/C26H42N4O8S/c1-4-5-11-29(12-7-6-9-27)23(31)16-30-15-19(18-13-21(36-2)25-22(14-18)37-17-38-25)24(26(32)33)20(30)8-10-28-39(3,34)35/h13-14,19-20,24,28H,4-12,15-17,27H2,1-3H3,(H,32,33)/t19-,20+,24?/m1/s1. The van der Waals surface area contributed by atoms with Crippen molar-refractivity contribution < 1.29 is 37.3 Å². The van der Waals surface area contributed by atoms with Crippen molar-refractivity contribution in [2.75, 3.05) is 59.4 Å². The number of nitrogens with one attached hydrogen (secondary N) is 1. The monoisotopic (exact) mass is 570 g/mol. The van der Waals surface area contributed by atoms with E-state index in [-0.39, 0.29) is 32.2 Å². The summed E-state index contributed by atoms with van der Waals surface area (Å²) in [5.74, 6) is -1.06. The minimum Gasteiger partial charge on any atom is -0.493 e. The zero-order valence-corrected chi connectivity index (χ0v) is 23.9. The molecule has 1 aromatic carbocycles. The van der Waals surface area contributed by atoms with E-state index in [0.29, 0.717) is 49.0 Å². The summed E-state index contributed by atoms with van der Waals surface area (Å²) in [5, 5.41) is 10.4. The van der Waals surface area contributed by atoms with Crippen LogP contribution >= 0.6 is 0 Å². The van der Waals surface area contributed by atoms with Gasteiger partial charge in [0.1, 0.15) is 0 Å². The summed E-state index contributed by atoms with van der Waals surface area (Å²) in [6.07, 6.45) is 4.72. The number of likely N-dealkylation sites (tertiary alicyclic amines) is 1. The molecule has 0 saturated carbocycles. The Morgan fingerprint density at radius 3 is 2.62 bits per heavy atom. The number of hydrogen-bond acceptors (Lipinski definition) is 9. The average molecular weight is 571 g/mol. The first kappa shape index (κ1) is 30.9. The molecule has 0 aliphatic carbocycles. The maximum atomic E-state index is 13.5. The number of carbonyl (C=O) groups excluding carboxylic acids is 1. The second-order valence-electron chi connectivity index (χ2n) is 10.1. The fourth-order valence-corrected chi connectivity index (χ4v) is 5.87. The van der Waals surface area contributed by atoms with Gasteiger partial charge in [-0.2, -0.15) is 0 Å². The van der Waals surface area contributed by atoms with Crippen LogP contribution < -0.4 is 24.7 Å². The number of nitrogens with zero attached hydrogens (tertiary/aromatic N) is 2. The molecule has 2 aliphatic heterocycles. The molecule has 1 unspecified atom stereocenters. The number of amides is 1. The number of carboxylic acid groups (broad SMARTS) is 1. The fraction of sp³-hybridized carbons (Fsp3) is 0.692. The van der Waals surface area contributed by atoms with Crippen LogP contribution in [0.25, 0.3) is 0 Å². The summed E-state index contributed by atoms with van der Waals surface area (Å²) in [7, 11) is -1.96. The zero-order chi connectivity index (χ0) is 28.6. The predicted molar refractivity (Wildman–Crippen MR) is 146 cm³/mol.